The van der Waals surface area contributed by atoms with Crippen LogP contribution in [-0.2, 0) is 4.79 Å². The van der Waals surface area contributed by atoms with Crippen LogP contribution in [0.15, 0.2) is 11.4 Å². The molecule has 1 aromatic heterocycles. The number of carbonyl (C=O) groups is 2. The van der Waals surface area contributed by atoms with E-state index in [-0.39, 0.29) is 24.5 Å². The van der Waals surface area contributed by atoms with Gasteiger partial charge in [0.2, 0.25) is 5.91 Å². The van der Waals surface area contributed by atoms with Crippen molar-refractivity contribution in [3.63, 3.8) is 0 Å². The SMILES string of the molecule is CC(=O)NC1CCN(C(=O)c2sccc2C#CCO)CC1. The van der Waals surface area contributed by atoms with E-state index in [0.29, 0.717) is 23.5 Å². The van der Waals surface area contributed by atoms with Crippen molar-refractivity contribution in [2.75, 3.05) is 19.7 Å². The molecule has 112 valence electrons. The molecular formula is C15H18N2O3S. The lowest BCUT2D eigenvalue weighted by Crippen LogP contribution is -2.46. The summed E-state index contributed by atoms with van der Waals surface area (Å²) in [7, 11) is 0. The molecule has 1 aromatic rings. The van der Waals surface area contributed by atoms with Gasteiger partial charge in [0.05, 0.1) is 0 Å². The smallest absolute Gasteiger partial charge is 0.265 e. The summed E-state index contributed by atoms with van der Waals surface area (Å²) in [4.78, 5) is 25.9. The normalized spacial score (nSPS) is 15.2. The van der Waals surface area contributed by atoms with Crippen molar-refractivity contribution in [2.24, 2.45) is 0 Å². The second-order valence-electron chi connectivity index (χ2n) is 4.89. The molecule has 2 heterocycles. The third-order valence-electron chi connectivity index (χ3n) is 3.35. The highest BCUT2D eigenvalue weighted by Gasteiger charge is 2.25. The van der Waals surface area contributed by atoms with Crippen molar-refractivity contribution < 1.29 is 14.7 Å². The minimum absolute atomic E-state index is 0.0199. The van der Waals surface area contributed by atoms with Crippen molar-refractivity contribution in [1.29, 1.82) is 0 Å². The van der Waals surface area contributed by atoms with Gasteiger partial charge in [-0.15, -0.1) is 11.3 Å². The Bertz CT molecular complexity index is 577. The number of likely N-dealkylation sites (tertiary alicyclic amines) is 1. The quantitative estimate of drug-likeness (QED) is 0.795. The third-order valence-corrected chi connectivity index (χ3v) is 4.25. The van der Waals surface area contributed by atoms with Crippen LogP contribution in [0.4, 0.5) is 0 Å². The lowest BCUT2D eigenvalue weighted by atomic mass is 10.0. The first-order chi connectivity index (χ1) is 10.1. The maximum absolute atomic E-state index is 12.5. The van der Waals surface area contributed by atoms with Gasteiger partial charge in [-0.2, -0.15) is 0 Å². The van der Waals surface area contributed by atoms with Gasteiger partial charge in [0.1, 0.15) is 11.5 Å². The highest BCUT2D eigenvalue weighted by atomic mass is 32.1. The van der Waals surface area contributed by atoms with E-state index in [1.165, 1.54) is 18.3 Å². The molecule has 0 aliphatic carbocycles. The molecule has 0 radical (unpaired) electrons. The van der Waals surface area contributed by atoms with Crippen LogP contribution < -0.4 is 5.32 Å². The maximum Gasteiger partial charge on any atom is 0.265 e. The minimum Gasteiger partial charge on any atom is -0.384 e. The largest absolute Gasteiger partial charge is 0.384 e. The van der Waals surface area contributed by atoms with E-state index in [0.717, 1.165) is 12.8 Å². The summed E-state index contributed by atoms with van der Waals surface area (Å²) in [6, 6.07) is 1.95. The van der Waals surface area contributed by atoms with Crippen LogP contribution in [0.25, 0.3) is 0 Å². The Morgan fingerprint density at radius 2 is 2.19 bits per heavy atom. The van der Waals surface area contributed by atoms with Gasteiger partial charge in [-0.25, -0.2) is 0 Å². The van der Waals surface area contributed by atoms with Crippen LogP contribution in [-0.4, -0.2) is 47.6 Å². The lowest BCUT2D eigenvalue weighted by molar-refractivity contribution is -0.119. The van der Waals surface area contributed by atoms with Crippen LogP contribution in [0.2, 0.25) is 0 Å². The summed E-state index contributed by atoms with van der Waals surface area (Å²) in [6.07, 6.45) is 1.54. The number of nitrogens with zero attached hydrogens (tertiary/aromatic N) is 1. The van der Waals surface area contributed by atoms with Gasteiger partial charge >= 0.3 is 0 Å². The van der Waals surface area contributed by atoms with E-state index >= 15 is 0 Å². The zero-order valence-electron chi connectivity index (χ0n) is 11.9. The number of aliphatic hydroxyl groups is 1. The van der Waals surface area contributed by atoms with Crippen molar-refractivity contribution >= 4 is 23.2 Å². The number of thiophene rings is 1. The fourth-order valence-electron chi connectivity index (χ4n) is 2.37. The second-order valence-corrected chi connectivity index (χ2v) is 5.81. The molecule has 5 nitrogen and oxygen atoms in total. The fourth-order valence-corrected chi connectivity index (χ4v) is 3.18. The van der Waals surface area contributed by atoms with E-state index < -0.39 is 0 Å². The molecule has 6 heteroatoms. The molecule has 2 N–H and O–H groups in total. The fraction of sp³-hybridized carbons (Fsp3) is 0.467. The van der Waals surface area contributed by atoms with E-state index in [1.54, 1.807) is 11.0 Å². The summed E-state index contributed by atoms with van der Waals surface area (Å²) in [5.41, 5.74) is 0.669. The van der Waals surface area contributed by atoms with Crippen LogP contribution in [0.3, 0.4) is 0 Å². The van der Waals surface area contributed by atoms with Gasteiger partial charge in [0.15, 0.2) is 0 Å². The first kappa shape index (κ1) is 15.5. The number of amides is 2. The van der Waals surface area contributed by atoms with Gasteiger partial charge in [0.25, 0.3) is 5.91 Å². The van der Waals surface area contributed by atoms with Crippen molar-refractivity contribution in [1.82, 2.24) is 10.2 Å². The number of aliphatic hydroxyl groups excluding tert-OH is 1. The highest BCUT2D eigenvalue weighted by Crippen LogP contribution is 2.21. The Balaban J connectivity index is 1.99. The standard InChI is InChI=1S/C15H18N2O3S/c1-11(19)16-13-4-7-17(8-5-13)15(20)14-12(3-2-9-18)6-10-21-14/h6,10,13,18H,4-5,7-9H2,1H3,(H,16,19). The van der Waals surface area contributed by atoms with E-state index in [1.807, 2.05) is 5.38 Å². The topological polar surface area (TPSA) is 69.6 Å². The first-order valence-corrected chi connectivity index (χ1v) is 7.73. The Hall–Kier alpha value is -1.84. The molecule has 1 saturated heterocycles. The summed E-state index contributed by atoms with van der Waals surface area (Å²) in [6.45, 7) is 2.56. The Morgan fingerprint density at radius 3 is 2.81 bits per heavy atom. The second kappa shape index (κ2) is 7.25. The van der Waals surface area contributed by atoms with Gasteiger partial charge < -0.3 is 15.3 Å². The number of carbonyl (C=O) groups excluding carboxylic acids is 2. The van der Waals surface area contributed by atoms with Crippen molar-refractivity contribution in [3.8, 4) is 11.8 Å². The average molecular weight is 306 g/mol. The minimum atomic E-state index is -0.217. The molecule has 0 atom stereocenters. The summed E-state index contributed by atoms with van der Waals surface area (Å²) >= 11 is 1.37. The van der Waals surface area contributed by atoms with Crippen LogP contribution >= 0.6 is 11.3 Å². The van der Waals surface area contributed by atoms with Crippen LogP contribution in [0, 0.1) is 11.8 Å². The maximum atomic E-state index is 12.5. The number of hydrogen-bond acceptors (Lipinski definition) is 4. The monoisotopic (exact) mass is 306 g/mol. The van der Waals surface area contributed by atoms with Crippen LogP contribution in [0.5, 0.6) is 0 Å². The van der Waals surface area contributed by atoms with E-state index in [9.17, 15) is 9.59 Å². The number of piperidine rings is 1. The molecule has 1 aliphatic rings. The summed E-state index contributed by atoms with van der Waals surface area (Å²) < 4.78 is 0. The molecule has 1 fully saturated rings. The third kappa shape index (κ3) is 4.06. The van der Waals surface area contributed by atoms with Gasteiger partial charge in [-0.05, 0) is 24.3 Å². The molecule has 2 amide bonds. The number of rotatable bonds is 2. The Morgan fingerprint density at radius 1 is 1.48 bits per heavy atom. The summed E-state index contributed by atoms with van der Waals surface area (Å²) in [5.74, 6) is 5.33. The number of nitrogens with one attached hydrogen (secondary N) is 1. The van der Waals surface area contributed by atoms with Crippen molar-refractivity contribution in [2.45, 2.75) is 25.8 Å². The van der Waals surface area contributed by atoms with Gasteiger partial charge in [0, 0.05) is 31.6 Å². The zero-order chi connectivity index (χ0) is 15.2. The predicted octanol–water partition coefficient (Wildman–Crippen LogP) is 0.833. The summed E-state index contributed by atoms with van der Waals surface area (Å²) in [5, 5.41) is 13.5. The average Bonchev–Trinajstić information content (AvgIpc) is 2.93. The highest BCUT2D eigenvalue weighted by molar-refractivity contribution is 7.12. The van der Waals surface area contributed by atoms with E-state index in [4.69, 9.17) is 5.11 Å². The molecule has 0 unspecified atom stereocenters. The Labute approximate surface area is 128 Å². The molecule has 2 rings (SSSR count). The lowest BCUT2D eigenvalue weighted by Gasteiger charge is -2.32. The zero-order valence-corrected chi connectivity index (χ0v) is 12.7. The van der Waals surface area contributed by atoms with Crippen molar-refractivity contribution in [3.05, 3.63) is 21.9 Å². The molecule has 21 heavy (non-hydrogen) atoms. The first-order valence-electron chi connectivity index (χ1n) is 6.85. The Kier molecular flexibility index (Phi) is 5.37. The van der Waals surface area contributed by atoms with E-state index in [2.05, 4.69) is 17.2 Å². The predicted molar refractivity (Wildman–Crippen MR) is 81.0 cm³/mol. The van der Waals surface area contributed by atoms with Crippen LogP contribution in [0.1, 0.15) is 35.0 Å². The molecule has 0 saturated carbocycles. The van der Waals surface area contributed by atoms with Gasteiger partial charge in [-0.3, -0.25) is 9.59 Å². The number of hydrogen-bond donors (Lipinski definition) is 2. The molecule has 1 aliphatic heterocycles. The molecular weight excluding hydrogens is 288 g/mol. The molecule has 0 bridgehead atoms. The molecule has 0 aromatic carbocycles. The van der Waals surface area contributed by atoms with Gasteiger partial charge in [-0.1, -0.05) is 11.8 Å². The molecule has 0 spiro atoms.